The molecule has 4 aromatic rings. The number of aliphatic hydroxyl groups is 4. The fourth-order valence-electron chi connectivity index (χ4n) is 4.80. The van der Waals surface area contributed by atoms with Gasteiger partial charge in [0.2, 0.25) is 0 Å². The van der Waals surface area contributed by atoms with Crippen molar-refractivity contribution < 1.29 is 50.0 Å². The quantitative estimate of drug-likeness (QED) is 0.182. The largest absolute Gasteiger partial charge is 0.508 e. The molecule has 5 unspecified atom stereocenters. The van der Waals surface area contributed by atoms with Gasteiger partial charge in [0.1, 0.15) is 64.7 Å². The lowest BCUT2D eigenvalue weighted by Crippen LogP contribution is -2.55. The predicted molar refractivity (Wildman–Crippen MR) is 137 cm³/mol. The Labute approximate surface area is 220 Å². The molecule has 5 rings (SSSR count). The van der Waals surface area contributed by atoms with E-state index in [2.05, 4.69) is 0 Å². The van der Waals surface area contributed by atoms with Gasteiger partial charge in [-0.2, -0.15) is 0 Å². The summed E-state index contributed by atoms with van der Waals surface area (Å²) in [4.78, 5) is 13.4. The zero-order valence-corrected chi connectivity index (χ0v) is 20.3. The first kappa shape index (κ1) is 26.5. The van der Waals surface area contributed by atoms with E-state index >= 15 is 0 Å². The lowest BCUT2D eigenvalue weighted by Gasteiger charge is -2.40. The zero-order chi connectivity index (χ0) is 28.0. The van der Waals surface area contributed by atoms with E-state index < -0.39 is 54.1 Å². The Kier molecular flexibility index (Phi) is 6.93. The molecule has 1 aliphatic heterocycles. The van der Waals surface area contributed by atoms with Crippen LogP contribution in [0.15, 0.2) is 63.8 Å². The molecule has 204 valence electrons. The van der Waals surface area contributed by atoms with Crippen molar-refractivity contribution in [1.82, 2.24) is 0 Å². The molecule has 0 radical (unpaired) electrons. The lowest BCUT2D eigenvalue weighted by atomic mass is 9.87. The number of phenolic OH excluding ortho intramolecular Hbond substituents is 4. The van der Waals surface area contributed by atoms with Crippen molar-refractivity contribution in [2.24, 2.45) is 0 Å². The van der Waals surface area contributed by atoms with Crippen LogP contribution in [0.5, 0.6) is 23.0 Å². The molecule has 1 aromatic heterocycles. The summed E-state index contributed by atoms with van der Waals surface area (Å²) >= 11 is 0. The van der Waals surface area contributed by atoms with Crippen molar-refractivity contribution in [1.29, 1.82) is 0 Å². The highest BCUT2D eigenvalue weighted by molar-refractivity contribution is 5.91. The van der Waals surface area contributed by atoms with Crippen molar-refractivity contribution in [3.8, 4) is 34.3 Å². The van der Waals surface area contributed by atoms with Crippen LogP contribution in [0.2, 0.25) is 0 Å². The highest BCUT2D eigenvalue weighted by atomic mass is 16.5. The summed E-state index contributed by atoms with van der Waals surface area (Å²) in [6.07, 6.45) is -8.34. The van der Waals surface area contributed by atoms with Gasteiger partial charge in [0.15, 0.2) is 11.0 Å². The maximum absolute atomic E-state index is 13.4. The van der Waals surface area contributed by atoms with Crippen molar-refractivity contribution in [2.45, 2.75) is 36.9 Å². The Morgan fingerprint density at radius 3 is 2.00 bits per heavy atom. The first-order valence-electron chi connectivity index (χ1n) is 12.0. The summed E-state index contributed by atoms with van der Waals surface area (Å²) in [6, 6.07) is 12.7. The molecule has 11 nitrogen and oxygen atoms in total. The van der Waals surface area contributed by atoms with E-state index in [0.29, 0.717) is 11.1 Å². The molecule has 11 heteroatoms. The molecule has 0 saturated carbocycles. The lowest BCUT2D eigenvalue weighted by molar-refractivity contribution is -0.231. The minimum atomic E-state index is -1.83. The van der Waals surface area contributed by atoms with Crippen LogP contribution < -0.4 is 5.43 Å². The van der Waals surface area contributed by atoms with Gasteiger partial charge in [-0.25, -0.2) is 0 Å². The molecule has 1 aliphatic rings. The van der Waals surface area contributed by atoms with Crippen molar-refractivity contribution in [3.05, 3.63) is 81.5 Å². The van der Waals surface area contributed by atoms with E-state index in [4.69, 9.17) is 9.15 Å². The van der Waals surface area contributed by atoms with Crippen molar-refractivity contribution in [3.63, 3.8) is 0 Å². The number of benzene rings is 3. The van der Waals surface area contributed by atoms with Gasteiger partial charge in [0.25, 0.3) is 0 Å². The highest BCUT2D eigenvalue weighted by Crippen LogP contribution is 2.47. The average Bonchev–Trinajstić information content (AvgIpc) is 2.92. The molecule has 8 N–H and O–H groups in total. The number of aliphatic hydroxyl groups excluding tert-OH is 4. The number of ether oxygens (including phenoxy) is 1. The molecule has 1 fully saturated rings. The average molecular weight is 539 g/mol. The summed E-state index contributed by atoms with van der Waals surface area (Å²) in [6.45, 7) is -0.735. The number of rotatable bonds is 5. The van der Waals surface area contributed by atoms with Crippen LogP contribution in [0.25, 0.3) is 22.3 Å². The standard InChI is InChI=1S/C28H26O11/c29-11-19-24(35)25(36)26(37)28(39-19)21-23(34)16(9-12-1-5-14(30)6-2-12)22(33)20-17(32)10-18(38-27(20)21)13-3-7-15(31)8-4-13/h1-8,10,19,24-26,28-31,33-37H,9,11H2. The molecule has 2 heterocycles. The molecule has 5 atom stereocenters. The van der Waals surface area contributed by atoms with Gasteiger partial charge in [-0.15, -0.1) is 0 Å². The topological polar surface area (TPSA) is 201 Å². The summed E-state index contributed by atoms with van der Waals surface area (Å²) in [7, 11) is 0. The zero-order valence-electron chi connectivity index (χ0n) is 20.3. The molecular formula is C28H26O11. The third-order valence-electron chi connectivity index (χ3n) is 6.90. The second-order valence-electron chi connectivity index (χ2n) is 9.41. The third-order valence-corrected chi connectivity index (χ3v) is 6.90. The van der Waals surface area contributed by atoms with E-state index in [1.165, 1.54) is 36.4 Å². The van der Waals surface area contributed by atoms with E-state index in [1.54, 1.807) is 12.1 Å². The third kappa shape index (κ3) is 4.67. The Balaban J connectivity index is 1.79. The fraction of sp³-hybridized carbons (Fsp3) is 0.250. The molecule has 0 spiro atoms. The highest BCUT2D eigenvalue weighted by Gasteiger charge is 2.46. The van der Waals surface area contributed by atoms with Crippen LogP contribution in [0.3, 0.4) is 0 Å². The van der Waals surface area contributed by atoms with Gasteiger partial charge in [-0.3, -0.25) is 4.79 Å². The molecule has 1 saturated heterocycles. The van der Waals surface area contributed by atoms with Gasteiger partial charge in [-0.1, -0.05) is 12.1 Å². The number of phenols is 4. The maximum Gasteiger partial charge on any atom is 0.197 e. The summed E-state index contributed by atoms with van der Waals surface area (Å²) < 4.78 is 11.7. The number of hydrogen-bond acceptors (Lipinski definition) is 11. The normalized spacial score (nSPS) is 23.2. The van der Waals surface area contributed by atoms with E-state index in [0.717, 1.165) is 6.07 Å². The van der Waals surface area contributed by atoms with Crippen LogP contribution in [0.4, 0.5) is 0 Å². The van der Waals surface area contributed by atoms with Crippen molar-refractivity contribution >= 4 is 11.0 Å². The summed E-state index contributed by atoms with van der Waals surface area (Å²) in [5, 5.41) is 82.8. The molecule has 39 heavy (non-hydrogen) atoms. The van der Waals surface area contributed by atoms with Gasteiger partial charge in [0, 0.05) is 23.6 Å². The smallest absolute Gasteiger partial charge is 0.197 e. The van der Waals surface area contributed by atoms with Gasteiger partial charge >= 0.3 is 0 Å². The molecule has 0 aliphatic carbocycles. The predicted octanol–water partition coefficient (Wildman–Crippen LogP) is 1.39. The first-order valence-corrected chi connectivity index (χ1v) is 12.0. The van der Waals surface area contributed by atoms with Crippen LogP contribution in [0, 0.1) is 0 Å². The van der Waals surface area contributed by atoms with Crippen molar-refractivity contribution in [2.75, 3.05) is 6.61 Å². The number of aromatic hydroxyl groups is 4. The van der Waals surface area contributed by atoms with E-state index in [-0.39, 0.29) is 45.8 Å². The Hall–Kier alpha value is -4.13. The van der Waals surface area contributed by atoms with Crippen LogP contribution in [-0.4, -0.2) is 71.9 Å². The minimum absolute atomic E-state index is 0.00317. The first-order chi connectivity index (χ1) is 18.6. The van der Waals surface area contributed by atoms with Crippen LogP contribution in [0.1, 0.15) is 22.8 Å². The van der Waals surface area contributed by atoms with Crippen LogP contribution >= 0.6 is 0 Å². The Morgan fingerprint density at radius 1 is 0.769 bits per heavy atom. The fourth-order valence-corrected chi connectivity index (χ4v) is 4.80. The van der Waals surface area contributed by atoms with E-state index in [9.17, 15) is 45.6 Å². The monoisotopic (exact) mass is 538 g/mol. The van der Waals surface area contributed by atoms with Crippen LogP contribution in [-0.2, 0) is 11.2 Å². The number of fused-ring (bicyclic) bond motifs is 1. The second-order valence-corrected chi connectivity index (χ2v) is 9.41. The van der Waals surface area contributed by atoms with Gasteiger partial charge < -0.3 is 50.0 Å². The Bertz CT molecular complexity index is 1560. The summed E-state index contributed by atoms with van der Waals surface area (Å²) in [5.74, 6) is -1.23. The second kappa shape index (κ2) is 10.2. The number of hydrogen-bond donors (Lipinski definition) is 8. The minimum Gasteiger partial charge on any atom is -0.508 e. The van der Waals surface area contributed by atoms with Gasteiger partial charge in [-0.05, 0) is 42.0 Å². The maximum atomic E-state index is 13.4. The molecule has 0 amide bonds. The molecule has 3 aromatic carbocycles. The Morgan fingerprint density at radius 2 is 1.38 bits per heavy atom. The molecule has 0 bridgehead atoms. The van der Waals surface area contributed by atoms with E-state index in [1.807, 2.05) is 0 Å². The SMILES string of the molecule is O=c1cc(-c2ccc(O)cc2)oc2c(C3OC(CO)C(O)C(O)C3O)c(O)c(Cc3ccc(O)cc3)c(O)c12. The summed E-state index contributed by atoms with van der Waals surface area (Å²) in [5.41, 5.74) is -0.536. The van der Waals surface area contributed by atoms with Gasteiger partial charge in [0.05, 0.1) is 12.2 Å². The molecular weight excluding hydrogens is 512 g/mol.